The smallest absolute Gasteiger partial charge is 0.303 e. The van der Waals surface area contributed by atoms with E-state index in [4.69, 9.17) is 9.47 Å². The predicted octanol–water partition coefficient (Wildman–Crippen LogP) is 5.94. The standard InChI is InChI=1S/C26H26O3/c1-18(27)28-25(19-11-6-4-7-12-19)26-17-20-13-5-2-3-8-14-21(20)24(29-26)22-15-9-10-16-23(22)26/h2-4,6-7,9-12,15-17,21,24-25H,5,8,13-14H2,1H3/b3-2-/t21-,24+,25?,26-/m1/s1. The van der Waals surface area contributed by atoms with Gasteiger partial charge in [0.1, 0.15) is 0 Å². The highest BCUT2D eigenvalue weighted by Gasteiger charge is 2.56. The van der Waals surface area contributed by atoms with E-state index in [-0.39, 0.29) is 12.1 Å². The van der Waals surface area contributed by atoms with Gasteiger partial charge in [0.15, 0.2) is 11.7 Å². The molecule has 2 aliphatic heterocycles. The molecule has 3 heteroatoms. The van der Waals surface area contributed by atoms with Crippen molar-refractivity contribution in [3.63, 3.8) is 0 Å². The number of hydrogen-bond acceptors (Lipinski definition) is 3. The Kier molecular flexibility index (Phi) is 4.63. The molecule has 1 unspecified atom stereocenters. The van der Waals surface area contributed by atoms with Gasteiger partial charge in [0.25, 0.3) is 0 Å². The number of benzene rings is 2. The molecule has 1 aliphatic carbocycles. The van der Waals surface area contributed by atoms with Crippen molar-refractivity contribution in [1.82, 2.24) is 0 Å². The van der Waals surface area contributed by atoms with Crippen LogP contribution in [0.3, 0.4) is 0 Å². The second-order valence-electron chi connectivity index (χ2n) is 8.23. The van der Waals surface area contributed by atoms with Crippen molar-refractivity contribution in [3.8, 4) is 0 Å². The van der Waals surface area contributed by atoms with Crippen LogP contribution in [0.5, 0.6) is 0 Å². The van der Waals surface area contributed by atoms with Gasteiger partial charge in [-0.15, -0.1) is 0 Å². The molecule has 3 aliphatic rings. The molecule has 0 saturated carbocycles. The monoisotopic (exact) mass is 386 g/mol. The second-order valence-corrected chi connectivity index (χ2v) is 8.23. The zero-order chi connectivity index (χ0) is 19.8. The van der Waals surface area contributed by atoms with Gasteiger partial charge in [-0.2, -0.15) is 0 Å². The molecule has 3 nitrogen and oxygen atoms in total. The molecule has 0 spiro atoms. The molecule has 0 saturated heterocycles. The molecule has 0 amide bonds. The van der Waals surface area contributed by atoms with Gasteiger partial charge in [-0.3, -0.25) is 4.79 Å². The summed E-state index contributed by atoms with van der Waals surface area (Å²) in [5.74, 6) is 0.0874. The Morgan fingerprint density at radius 1 is 1.07 bits per heavy atom. The van der Waals surface area contributed by atoms with Crippen LogP contribution in [0.1, 0.15) is 61.5 Å². The Bertz CT molecular complexity index is 974. The van der Waals surface area contributed by atoms with Crippen LogP contribution in [-0.4, -0.2) is 5.97 Å². The van der Waals surface area contributed by atoms with Crippen molar-refractivity contribution in [1.29, 1.82) is 0 Å². The Morgan fingerprint density at radius 2 is 1.83 bits per heavy atom. The average Bonchev–Trinajstić information content (AvgIpc) is 2.99. The number of esters is 1. The molecule has 29 heavy (non-hydrogen) atoms. The van der Waals surface area contributed by atoms with Crippen molar-refractivity contribution in [2.75, 3.05) is 0 Å². The Balaban J connectivity index is 1.71. The number of carbonyl (C=O) groups is 1. The first kappa shape index (κ1) is 18.4. The van der Waals surface area contributed by atoms with E-state index >= 15 is 0 Å². The van der Waals surface area contributed by atoms with Crippen molar-refractivity contribution in [2.45, 2.75) is 50.4 Å². The molecule has 0 radical (unpaired) electrons. The van der Waals surface area contributed by atoms with Crippen LogP contribution >= 0.6 is 0 Å². The molecular formula is C26H26O3. The first-order valence-corrected chi connectivity index (χ1v) is 10.5. The first-order chi connectivity index (χ1) is 14.2. The highest BCUT2D eigenvalue weighted by molar-refractivity contribution is 5.67. The van der Waals surface area contributed by atoms with Crippen LogP contribution < -0.4 is 0 Å². The Labute approximate surface area is 172 Å². The van der Waals surface area contributed by atoms with Crippen LogP contribution in [0.15, 0.2) is 78.4 Å². The summed E-state index contributed by atoms with van der Waals surface area (Å²) in [6.45, 7) is 1.48. The van der Waals surface area contributed by atoms with E-state index < -0.39 is 11.7 Å². The maximum Gasteiger partial charge on any atom is 0.303 e. The third kappa shape index (κ3) is 3.05. The molecule has 0 fully saturated rings. The Morgan fingerprint density at radius 3 is 2.66 bits per heavy atom. The van der Waals surface area contributed by atoms with Gasteiger partial charge < -0.3 is 9.47 Å². The van der Waals surface area contributed by atoms with Crippen LogP contribution in [-0.2, 0) is 19.9 Å². The number of carbonyl (C=O) groups excluding carboxylic acids is 1. The van der Waals surface area contributed by atoms with Crippen molar-refractivity contribution in [3.05, 3.63) is 95.1 Å². The summed E-state index contributed by atoms with van der Waals surface area (Å²) in [6, 6.07) is 18.5. The topological polar surface area (TPSA) is 35.5 Å². The lowest BCUT2D eigenvalue weighted by Gasteiger charge is -2.41. The number of hydrogen-bond donors (Lipinski definition) is 0. The van der Waals surface area contributed by atoms with E-state index in [2.05, 4.69) is 42.5 Å². The van der Waals surface area contributed by atoms with E-state index in [0.717, 1.165) is 36.8 Å². The molecule has 2 bridgehead atoms. The van der Waals surface area contributed by atoms with Gasteiger partial charge >= 0.3 is 5.97 Å². The largest absolute Gasteiger partial charge is 0.454 e. The minimum Gasteiger partial charge on any atom is -0.454 e. The van der Waals surface area contributed by atoms with Gasteiger partial charge in [0, 0.05) is 12.8 Å². The molecule has 2 aromatic rings. The molecule has 2 aromatic carbocycles. The molecular weight excluding hydrogens is 360 g/mol. The predicted molar refractivity (Wildman–Crippen MR) is 112 cm³/mol. The fourth-order valence-electron chi connectivity index (χ4n) is 5.26. The second kappa shape index (κ2) is 7.31. The minimum atomic E-state index is -0.775. The average molecular weight is 386 g/mol. The van der Waals surface area contributed by atoms with Gasteiger partial charge in [-0.1, -0.05) is 72.3 Å². The van der Waals surface area contributed by atoms with Crippen LogP contribution in [0.4, 0.5) is 0 Å². The van der Waals surface area contributed by atoms with E-state index in [1.54, 1.807) is 0 Å². The summed E-state index contributed by atoms with van der Waals surface area (Å²) in [7, 11) is 0. The summed E-state index contributed by atoms with van der Waals surface area (Å²) < 4.78 is 12.8. The number of ether oxygens (including phenoxy) is 2. The molecule has 2 heterocycles. The minimum absolute atomic E-state index is 0.0134. The van der Waals surface area contributed by atoms with Gasteiger partial charge in [0.2, 0.25) is 0 Å². The first-order valence-electron chi connectivity index (χ1n) is 10.5. The zero-order valence-corrected chi connectivity index (χ0v) is 16.7. The van der Waals surface area contributed by atoms with Crippen LogP contribution in [0.25, 0.3) is 0 Å². The van der Waals surface area contributed by atoms with E-state index in [9.17, 15) is 4.79 Å². The quantitative estimate of drug-likeness (QED) is 0.483. The SMILES string of the molecule is CC(=O)OC(c1ccccc1)[C@]12C=C3CC/C=C\CC[C@H]3[C@H](O1)c1ccccc12. The normalized spacial score (nSPS) is 29.5. The summed E-state index contributed by atoms with van der Waals surface area (Å²) in [5.41, 5.74) is 3.99. The highest BCUT2D eigenvalue weighted by atomic mass is 16.6. The Hall–Kier alpha value is -2.65. The maximum atomic E-state index is 12.1. The number of rotatable bonds is 3. The summed E-state index contributed by atoms with van der Waals surface area (Å²) in [6.07, 6.45) is 10.6. The summed E-state index contributed by atoms with van der Waals surface area (Å²) in [4.78, 5) is 12.1. The summed E-state index contributed by atoms with van der Waals surface area (Å²) in [5, 5.41) is 0. The van der Waals surface area contributed by atoms with Crippen molar-refractivity contribution >= 4 is 5.97 Å². The fraction of sp³-hybridized carbons (Fsp3) is 0.346. The van der Waals surface area contributed by atoms with E-state index in [1.165, 1.54) is 18.1 Å². The van der Waals surface area contributed by atoms with Crippen LogP contribution in [0.2, 0.25) is 0 Å². The lowest BCUT2D eigenvalue weighted by molar-refractivity contribution is -0.178. The van der Waals surface area contributed by atoms with Gasteiger partial charge in [-0.05, 0) is 48.4 Å². The maximum absolute atomic E-state index is 12.1. The third-order valence-electron chi connectivity index (χ3n) is 6.44. The van der Waals surface area contributed by atoms with Gasteiger partial charge in [-0.25, -0.2) is 0 Å². The fourth-order valence-corrected chi connectivity index (χ4v) is 5.26. The van der Waals surface area contributed by atoms with E-state index in [0.29, 0.717) is 5.92 Å². The van der Waals surface area contributed by atoms with Crippen molar-refractivity contribution < 1.29 is 14.3 Å². The third-order valence-corrected chi connectivity index (χ3v) is 6.44. The molecule has 0 N–H and O–H groups in total. The molecule has 5 rings (SSSR count). The number of allylic oxidation sites excluding steroid dienone is 2. The zero-order valence-electron chi connectivity index (χ0n) is 16.7. The van der Waals surface area contributed by atoms with E-state index in [1.807, 2.05) is 30.3 Å². The summed E-state index contributed by atoms with van der Waals surface area (Å²) >= 11 is 0. The lowest BCUT2D eigenvalue weighted by atomic mass is 9.79. The van der Waals surface area contributed by atoms with Crippen LogP contribution in [0, 0.1) is 5.92 Å². The molecule has 148 valence electrons. The highest BCUT2D eigenvalue weighted by Crippen LogP contribution is 2.60. The number of fused-ring (bicyclic) bond motifs is 7. The molecule has 0 aromatic heterocycles. The lowest BCUT2D eigenvalue weighted by Crippen LogP contribution is -2.38. The van der Waals surface area contributed by atoms with Gasteiger partial charge in [0.05, 0.1) is 6.10 Å². The molecule has 4 atom stereocenters. The van der Waals surface area contributed by atoms with Crippen molar-refractivity contribution in [2.24, 2.45) is 5.92 Å².